The first-order chi connectivity index (χ1) is 10.7. The Hall–Kier alpha value is -2.15. The molecule has 0 radical (unpaired) electrons. The largest absolute Gasteiger partial charge is 1.00 e. The number of hydrogen-bond acceptors (Lipinski definition) is 1. The molecule has 0 saturated heterocycles. The van der Waals surface area contributed by atoms with Gasteiger partial charge in [-0.2, -0.15) is 0 Å². The number of nitrogens with one attached hydrogen (secondary N) is 1. The highest BCUT2D eigenvalue weighted by molar-refractivity contribution is 6.11. The molecule has 0 spiro atoms. The summed E-state index contributed by atoms with van der Waals surface area (Å²) in [5.74, 6) is 1.46. The molecule has 4 rings (SSSR count). The van der Waals surface area contributed by atoms with E-state index >= 15 is 0 Å². The molecule has 7 heteroatoms. The third kappa shape index (κ3) is 3.20. The number of aromatic nitrogens is 3. The number of Topliss-reactive ketones (excluding diaryl/α,β-unsaturated/α-hetero) is 1. The maximum atomic E-state index is 13.0. The monoisotopic (exact) mass is 365 g/mol. The topological polar surface area (TPSA) is 105 Å². The van der Waals surface area contributed by atoms with Crippen LogP contribution in [0.5, 0.6) is 0 Å². The summed E-state index contributed by atoms with van der Waals surface area (Å²) in [6, 6.07) is 8.23. The van der Waals surface area contributed by atoms with Crippen molar-refractivity contribution >= 4 is 16.7 Å². The molecule has 1 aromatic carbocycles. The summed E-state index contributed by atoms with van der Waals surface area (Å²) in [5, 5.41) is 1.10. The van der Waals surface area contributed by atoms with Crippen LogP contribution in [0.3, 0.4) is 0 Å². The number of H-pyrrole nitrogens is 1. The highest BCUT2D eigenvalue weighted by Crippen LogP contribution is 2.33. The third-order valence-corrected chi connectivity index (χ3v) is 4.97. The lowest BCUT2D eigenvalue weighted by atomic mass is 9.85. The molecule has 136 valence electrons. The van der Waals surface area contributed by atoms with Crippen LogP contribution in [0.1, 0.15) is 28.3 Å². The van der Waals surface area contributed by atoms with Crippen LogP contribution >= 0.6 is 0 Å². The summed E-state index contributed by atoms with van der Waals surface area (Å²) < 4.78 is 4.33. The Balaban J connectivity index is 0.00000104. The first-order valence-electron chi connectivity index (χ1n) is 7.80. The molecule has 25 heavy (non-hydrogen) atoms. The van der Waals surface area contributed by atoms with Crippen molar-refractivity contribution in [2.24, 2.45) is 13.0 Å². The molecule has 0 bridgehead atoms. The molecule has 0 saturated carbocycles. The van der Waals surface area contributed by atoms with Crippen LogP contribution in [0, 0.1) is 12.8 Å². The average Bonchev–Trinajstić information content (AvgIpc) is 3.05. The predicted octanol–water partition coefficient (Wildman–Crippen LogP) is -2.10. The lowest BCUT2D eigenvalue weighted by molar-refractivity contribution is -0.705. The summed E-state index contributed by atoms with van der Waals surface area (Å²) in [5.41, 5.74) is 3.30. The number of ketones is 1. The maximum absolute atomic E-state index is 13.0. The molecule has 0 amide bonds. The predicted molar refractivity (Wildman–Crippen MR) is 92.0 cm³/mol. The first-order valence-corrected chi connectivity index (χ1v) is 7.80. The van der Waals surface area contributed by atoms with Gasteiger partial charge in [-0.3, -0.25) is 4.79 Å². The highest BCUT2D eigenvalue weighted by Gasteiger charge is 2.33. The second-order valence-electron chi connectivity index (χ2n) is 6.20. The molecule has 0 fully saturated rings. The van der Waals surface area contributed by atoms with Crippen molar-refractivity contribution < 1.29 is 32.7 Å². The summed E-state index contributed by atoms with van der Waals surface area (Å²) in [7, 11) is 2.07. The third-order valence-electron chi connectivity index (χ3n) is 4.97. The van der Waals surface area contributed by atoms with Gasteiger partial charge in [0, 0.05) is 36.1 Å². The van der Waals surface area contributed by atoms with E-state index in [9.17, 15) is 4.79 Å². The Morgan fingerprint density at radius 3 is 2.68 bits per heavy atom. The molecule has 3 aromatic rings. The van der Waals surface area contributed by atoms with Gasteiger partial charge < -0.3 is 27.9 Å². The Morgan fingerprint density at radius 2 is 2.00 bits per heavy atom. The molecule has 6 nitrogen and oxygen atoms in total. The van der Waals surface area contributed by atoms with Crippen LogP contribution in [0.25, 0.3) is 10.9 Å². The number of carbonyl (C=O) groups is 1. The number of aryl methyl sites for hydroxylation is 2. The number of aromatic amines is 1. The Bertz CT molecular complexity index is 885. The van der Waals surface area contributed by atoms with Gasteiger partial charge in [-0.05, 0) is 18.9 Å². The van der Waals surface area contributed by atoms with Crippen molar-refractivity contribution in [3.05, 3.63) is 53.7 Å². The molecule has 0 unspecified atom stereocenters. The maximum Gasteiger partial charge on any atom is 0.251 e. The smallest absolute Gasteiger partial charge is 0.251 e. The standard InChI is InChI=1S/C18H19N3O.ClH.2H2O/c1-12-19-9-10-21(12)11-13-7-8-16-17(18(13)22)14-5-3-4-6-15(14)20(16)2;;;/h3-6,9-10,13H,7-8,11H2,1-2H3;1H;2*1H2/t13-;;;/m1.../s1. The minimum absolute atomic E-state index is 0. The van der Waals surface area contributed by atoms with Crippen LogP contribution in [-0.4, -0.2) is 26.3 Å². The quantitative estimate of drug-likeness (QED) is 0.516. The number of halogens is 1. The molecular weight excluding hydrogens is 342 g/mol. The van der Waals surface area contributed by atoms with Crippen molar-refractivity contribution in [1.29, 1.82) is 0 Å². The SMILES string of the molecule is Cc1[nH]cc[n+]1C[C@H]1CCc2c(c3ccccc3n2C)C1=O.O.O.[Cl-]. The van der Waals surface area contributed by atoms with Gasteiger partial charge in [-0.15, -0.1) is 0 Å². The molecule has 2 heterocycles. The van der Waals surface area contributed by atoms with E-state index in [0.717, 1.165) is 41.7 Å². The Morgan fingerprint density at radius 1 is 1.28 bits per heavy atom. The van der Waals surface area contributed by atoms with Crippen molar-refractivity contribution in [3.63, 3.8) is 0 Å². The van der Waals surface area contributed by atoms with E-state index in [-0.39, 0.29) is 29.3 Å². The molecule has 2 aromatic heterocycles. The van der Waals surface area contributed by atoms with Gasteiger partial charge in [-0.25, -0.2) is 9.55 Å². The van der Waals surface area contributed by atoms with Gasteiger partial charge in [-0.1, -0.05) is 18.2 Å². The van der Waals surface area contributed by atoms with E-state index in [2.05, 4.69) is 33.3 Å². The number of fused-ring (bicyclic) bond motifs is 3. The van der Waals surface area contributed by atoms with Gasteiger partial charge >= 0.3 is 0 Å². The van der Waals surface area contributed by atoms with Crippen molar-refractivity contribution in [2.75, 3.05) is 0 Å². The average molecular weight is 366 g/mol. The van der Waals surface area contributed by atoms with E-state index in [1.807, 2.05) is 31.5 Å². The number of hydrogen-bond donors (Lipinski definition) is 1. The zero-order valence-corrected chi connectivity index (χ0v) is 15.1. The minimum atomic E-state index is 0. The molecule has 1 aliphatic carbocycles. The van der Waals surface area contributed by atoms with Crippen molar-refractivity contribution in [2.45, 2.75) is 26.3 Å². The second kappa shape index (κ2) is 7.82. The van der Waals surface area contributed by atoms with Gasteiger partial charge in [0.2, 0.25) is 0 Å². The highest BCUT2D eigenvalue weighted by atomic mass is 35.5. The van der Waals surface area contributed by atoms with Crippen LogP contribution in [-0.2, 0) is 20.0 Å². The summed E-state index contributed by atoms with van der Waals surface area (Å²) in [6.07, 6.45) is 5.84. The van der Waals surface area contributed by atoms with Gasteiger partial charge in [0.25, 0.3) is 5.82 Å². The second-order valence-corrected chi connectivity index (χ2v) is 6.20. The fourth-order valence-corrected chi connectivity index (χ4v) is 3.71. The molecule has 0 aliphatic heterocycles. The molecular formula is C18H24ClN3O3. The van der Waals surface area contributed by atoms with Crippen molar-refractivity contribution in [3.8, 4) is 0 Å². The number of imidazole rings is 1. The van der Waals surface area contributed by atoms with Crippen LogP contribution < -0.4 is 17.0 Å². The minimum Gasteiger partial charge on any atom is -1.00 e. The van der Waals surface area contributed by atoms with Crippen LogP contribution in [0.2, 0.25) is 0 Å². The molecule has 1 atom stereocenters. The lowest BCUT2D eigenvalue weighted by Crippen LogP contribution is -3.00. The number of nitrogens with zero attached hydrogens (tertiary/aromatic N) is 2. The number of rotatable bonds is 2. The summed E-state index contributed by atoms with van der Waals surface area (Å²) >= 11 is 0. The van der Waals surface area contributed by atoms with Crippen LogP contribution in [0.15, 0.2) is 36.7 Å². The van der Waals surface area contributed by atoms with E-state index in [1.54, 1.807) is 0 Å². The lowest BCUT2D eigenvalue weighted by Gasteiger charge is -2.21. The number of para-hydroxylation sites is 1. The van der Waals surface area contributed by atoms with Gasteiger partial charge in [0.15, 0.2) is 5.78 Å². The fraction of sp³-hybridized carbons (Fsp3) is 0.333. The fourth-order valence-electron chi connectivity index (χ4n) is 3.71. The van der Waals surface area contributed by atoms with E-state index < -0.39 is 0 Å². The zero-order valence-electron chi connectivity index (χ0n) is 14.3. The van der Waals surface area contributed by atoms with Crippen molar-refractivity contribution in [1.82, 2.24) is 9.55 Å². The first kappa shape index (κ1) is 20.9. The number of benzene rings is 1. The van der Waals surface area contributed by atoms with Gasteiger partial charge in [0.05, 0.1) is 5.92 Å². The van der Waals surface area contributed by atoms with E-state index in [1.165, 1.54) is 5.69 Å². The zero-order chi connectivity index (χ0) is 15.3. The summed E-state index contributed by atoms with van der Waals surface area (Å²) in [4.78, 5) is 16.2. The van der Waals surface area contributed by atoms with Gasteiger partial charge in [0.1, 0.15) is 18.9 Å². The summed E-state index contributed by atoms with van der Waals surface area (Å²) in [6.45, 7) is 2.80. The van der Waals surface area contributed by atoms with E-state index in [0.29, 0.717) is 5.78 Å². The number of carbonyl (C=O) groups excluding carboxylic acids is 1. The Labute approximate surface area is 152 Å². The van der Waals surface area contributed by atoms with E-state index in [4.69, 9.17) is 0 Å². The molecule has 5 N–H and O–H groups in total. The Kier molecular flexibility index (Phi) is 6.54. The van der Waals surface area contributed by atoms with Crippen LogP contribution in [0.4, 0.5) is 0 Å². The normalized spacial score (nSPS) is 15.8. The molecule has 1 aliphatic rings.